The van der Waals surface area contributed by atoms with Crippen molar-refractivity contribution in [3.8, 4) is 11.5 Å². The first-order chi connectivity index (χ1) is 11.9. The summed E-state index contributed by atoms with van der Waals surface area (Å²) in [7, 11) is 3.18. The van der Waals surface area contributed by atoms with Gasteiger partial charge in [0, 0.05) is 0 Å². The Balaban J connectivity index is 2.22. The molecule has 2 N–H and O–H groups in total. The highest BCUT2D eigenvalue weighted by molar-refractivity contribution is 9.10. The fraction of sp³-hybridized carbons (Fsp3) is 0.176. The summed E-state index contributed by atoms with van der Waals surface area (Å²) in [6, 6.07) is 11.0. The minimum Gasteiger partial charge on any atom is -0.496 e. The van der Waals surface area contributed by atoms with E-state index in [4.69, 9.17) is 21.7 Å². The van der Waals surface area contributed by atoms with E-state index >= 15 is 0 Å². The van der Waals surface area contributed by atoms with Crippen LogP contribution >= 0.6 is 44.1 Å². The van der Waals surface area contributed by atoms with Gasteiger partial charge in [0.05, 0.1) is 23.2 Å². The lowest BCUT2D eigenvalue weighted by Crippen LogP contribution is -2.44. The Bertz CT molecular complexity index is 819. The van der Waals surface area contributed by atoms with E-state index in [1.165, 1.54) is 0 Å². The Hall–Kier alpha value is -1.64. The van der Waals surface area contributed by atoms with Crippen LogP contribution in [0.15, 0.2) is 45.3 Å². The molecular weight excluding hydrogens is 472 g/mol. The van der Waals surface area contributed by atoms with Crippen LogP contribution in [-0.2, 0) is 10.3 Å². The predicted molar refractivity (Wildman–Crippen MR) is 106 cm³/mol. The lowest BCUT2D eigenvalue weighted by molar-refractivity contribution is -0.122. The second kappa shape index (κ2) is 6.93. The molecule has 2 aromatic rings. The molecule has 25 heavy (non-hydrogen) atoms. The first-order valence-corrected chi connectivity index (χ1v) is 9.23. The van der Waals surface area contributed by atoms with Gasteiger partial charge in [0.25, 0.3) is 5.91 Å². The van der Waals surface area contributed by atoms with Gasteiger partial charge in [-0.1, -0.05) is 12.1 Å². The highest BCUT2D eigenvalue weighted by Crippen LogP contribution is 2.39. The van der Waals surface area contributed by atoms with Crippen LogP contribution < -0.4 is 20.1 Å². The summed E-state index contributed by atoms with van der Waals surface area (Å²) < 4.78 is 12.0. The third-order valence-electron chi connectivity index (χ3n) is 4.04. The van der Waals surface area contributed by atoms with Crippen molar-refractivity contribution in [2.45, 2.75) is 5.54 Å². The first kappa shape index (κ1) is 18.2. The van der Waals surface area contributed by atoms with Crippen molar-refractivity contribution in [1.82, 2.24) is 10.6 Å². The van der Waals surface area contributed by atoms with Crippen LogP contribution in [-0.4, -0.2) is 25.2 Å². The van der Waals surface area contributed by atoms with Gasteiger partial charge in [-0.2, -0.15) is 0 Å². The Morgan fingerprint density at radius 3 is 1.76 bits per heavy atom. The maximum atomic E-state index is 12.9. The van der Waals surface area contributed by atoms with Gasteiger partial charge in [0.2, 0.25) is 0 Å². The molecular formula is C17H14Br2N2O3S. The van der Waals surface area contributed by atoms with Crippen LogP contribution in [0.3, 0.4) is 0 Å². The Labute approximate surface area is 167 Å². The fourth-order valence-electron chi connectivity index (χ4n) is 2.83. The average molecular weight is 486 g/mol. The number of rotatable bonds is 4. The molecule has 0 aliphatic carbocycles. The van der Waals surface area contributed by atoms with E-state index in [-0.39, 0.29) is 11.0 Å². The summed E-state index contributed by atoms with van der Waals surface area (Å²) in [5, 5.41) is 6.10. The molecule has 5 nitrogen and oxygen atoms in total. The second-order valence-corrected chi connectivity index (χ2v) is 7.47. The molecule has 1 aliphatic rings. The zero-order chi connectivity index (χ0) is 18.2. The second-order valence-electron chi connectivity index (χ2n) is 5.36. The van der Waals surface area contributed by atoms with Gasteiger partial charge in [-0.25, -0.2) is 0 Å². The molecule has 0 bridgehead atoms. The van der Waals surface area contributed by atoms with Crippen LogP contribution in [0.5, 0.6) is 11.5 Å². The van der Waals surface area contributed by atoms with Gasteiger partial charge in [-0.05, 0) is 79.5 Å². The number of methoxy groups -OCH3 is 2. The molecule has 1 saturated heterocycles. The molecule has 0 spiro atoms. The summed E-state index contributed by atoms with van der Waals surface area (Å²) in [5.74, 6) is 1.11. The molecule has 0 unspecified atom stereocenters. The molecule has 1 heterocycles. The van der Waals surface area contributed by atoms with Crippen LogP contribution in [0.2, 0.25) is 0 Å². The van der Waals surface area contributed by atoms with Gasteiger partial charge < -0.3 is 20.1 Å². The third-order valence-corrected chi connectivity index (χ3v) is 5.48. The summed E-state index contributed by atoms with van der Waals surface area (Å²) in [6.07, 6.45) is 0. The predicted octanol–water partition coefficient (Wildman–Crippen LogP) is 3.48. The van der Waals surface area contributed by atoms with Crippen molar-refractivity contribution in [1.29, 1.82) is 0 Å². The number of nitrogens with one attached hydrogen (secondary N) is 2. The first-order valence-electron chi connectivity index (χ1n) is 7.24. The number of hydrogen-bond acceptors (Lipinski definition) is 4. The average Bonchev–Trinajstić information content (AvgIpc) is 2.89. The number of carbonyl (C=O) groups excluding carboxylic acids is 1. The molecule has 1 amide bonds. The smallest absolute Gasteiger partial charge is 0.261 e. The van der Waals surface area contributed by atoms with Crippen LogP contribution in [0, 0.1) is 0 Å². The number of benzene rings is 2. The van der Waals surface area contributed by atoms with Crippen molar-refractivity contribution >= 4 is 55.1 Å². The molecule has 0 saturated carbocycles. The van der Waals surface area contributed by atoms with E-state index in [0.717, 1.165) is 20.1 Å². The SMILES string of the molecule is COc1ccc(C2(c3ccc(OC)c(Br)c3)NC(=S)NC2=O)cc1Br. The number of amides is 1. The largest absolute Gasteiger partial charge is 0.496 e. The number of carbonyl (C=O) groups is 1. The molecule has 8 heteroatoms. The van der Waals surface area contributed by atoms with E-state index in [2.05, 4.69) is 42.5 Å². The lowest BCUT2D eigenvalue weighted by Gasteiger charge is -2.28. The molecule has 130 valence electrons. The van der Waals surface area contributed by atoms with Crippen molar-refractivity contribution in [3.63, 3.8) is 0 Å². The Morgan fingerprint density at radius 2 is 1.44 bits per heavy atom. The van der Waals surface area contributed by atoms with Gasteiger partial charge >= 0.3 is 0 Å². The standard InChI is InChI=1S/C17H14Br2N2O3S/c1-23-13-5-3-9(7-11(13)18)17(15(22)20-16(25)21-17)10-4-6-14(24-2)12(19)8-10/h3-8H,1-2H3,(H2,20,21,22,25). The molecule has 1 aliphatic heterocycles. The summed E-state index contributed by atoms with van der Waals surface area (Å²) >= 11 is 12.1. The van der Waals surface area contributed by atoms with E-state index in [0.29, 0.717) is 11.5 Å². The van der Waals surface area contributed by atoms with Gasteiger partial charge in [0.15, 0.2) is 10.7 Å². The van der Waals surface area contributed by atoms with Crippen LogP contribution in [0.1, 0.15) is 11.1 Å². The minimum absolute atomic E-state index is 0.244. The minimum atomic E-state index is -1.14. The zero-order valence-electron chi connectivity index (χ0n) is 13.4. The van der Waals surface area contributed by atoms with Crippen molar-refractivity contribution in [2.75, 3.05) is 14.2 Å². The molecule has 1 fully saturated rings. The number of halogens is 2. The zero-order valence-corrected chi connectivity index (χ0v) is 17.3. The van der Waals surface area contributed by atoms with Gasteiger partial charge in [-0.15, -0.1) is 0 Å². The maximum absolute atomic E-state index is 12.9. The summed E-state index contributed by atoms with van der Waals surface area (Å²) in [4.78, 5) is 12.9. The Morgan fingerprint density at radius 1 is 0.960 bits per heavy atom. The van der Waals surface area contributed by atoms with Crippen LogP contribution in [0.25, 0.3) is 0 Å². The van der Waals surface area contributed by atoms with Gasteiger partial charge in [-0.3, -0.25) is 4.79 Å². The van der Waals surface area contributed by atoms with Gasteiger partial charge in [0.1, 0.15) is 11.5 Å². The van der Waals surface area contributed by atoms with E-state index in [9.17, 15) is 4.79 Å². The van der Waals surface area contributed by atoms with E-state index in [1.807, 2.05) is 24.3 Å². The lowest BCUT2D eigenvalue weighted by atomic mass is 9.83. The van der Waals surface area contributed by atoms with Crippen molar-refractivity contribution in [3.05, 3.63) is 56.5 Å². The molecule has 0 radical (unpaired) electrons. The quantitative estimate of drug-likeness (QED) is 0.649. The third kappa shape index (κ3) is 3.02. The molecule has 3 rings (SSSR count). The highest BCUT2D eigenvalue weighted by atomic mass is 79.9. The monoisotopic (exact) mass is 484 g/mol. The highest BCUT2D eigenvalue weighted by Gasteiger charge is 2.48. The van der Waals surface area contributed by atoms with Crippen molar-refractivity contribution in [2.24, 2.45) is 0 Å². The topological polar surface area (TPSA) is 59.6 Å². The number of thiocarbonyl (C=S) groups is 1. The van der Waals surface area contributed by atoms with E-state index < -0.39 is 5.54 Å². The Kier molecular flexibility index (Phi) is 5.04. The fourth-order valence-corrected chi connectivity index (χ4v) is 4.15. The summed E-state index contributed by atoms with van der Waals surface area (Å²) in [6.45, 7) is 0. The number of ether oxygens (including phenoxy) is 2. The molecule has 0 aromatic heterocycles. The normalized spacial score (nSPS) is 15.5. The molecule has 0 atom stereocenters. The molecule has 2 aromatic carbocycles. The maximum Gasteiger partial charge on any atom is 0.261 e. The van der Waals surface area contributed by atoms with Crippen LogP contribution in [0.4, 0.5) is 0 Å². The van der Waals surface area contributed by atoms with E-state index in [1.54, 1.807) is 26.4 Å². The number of hydrogen-bond donors (Lipinski definition) is 2. The van der Waals surface area contributed by atoms with Crippen molar-refractivity contribution < 1.29 is 14.3 Å². The summed E-state index contributed by atoms with van der Waals surface area (Å²) in [5.41, 5.74) is 0.324.